The summed E-state index contributed by atoms with van der Waals surface area (Å²) in [7, 11) is 0. The number of fused-ring (bicyclic) bond motifs is 1. The molecule has 1 amide bonds. The van der Waals surface area contributed by atoms with Crippen LogP contribution in [0.5, 0.6) is 0 Å². The first kappa shape index (κ1) is 13.9. The second-order valence-electron chi connectivity index (χ2n) is 4.96. The molecule has 1 aromatic carbocycles. The Labute approximate surface area is 114 Å². The molecule has 0 saturated heterocycles. The van der Waals surface area contributed by atoms with Gasteiger partial charge < -0.3 is 15.3 Å². The first-order valence-corrected chi connectivity index (χ1v) is 7.00. The predicted octanol–water partition coefficient (Wildman–Crippen LogP) is 1.64. The van der Waals surface area contributed by atoms with Crippen molar-refractivity contribution in [2.24, 2.45) is 0 Å². The van der Waals surface area contributed by atoms with Crippen LogP contribution in [0, 0.1) is 0 Å². The lowest BCUT2D eigenvalue weighted by Gasteiger charge is -2.25. The van der Waals surface area contributed by atoms with Crippen LogP contribution in [0.2, 0.25) is 0 Å². The Bertz CT molecular complexity index is 409. The van der Waals surface area contributed by atoms with Crippen molar-refractivity contribution in [3.05, 3.63) is 29.8 Å². The van der Waals surface area contributed by atoms with Crippen LogP contribution in [-0.4, -0.2) is 41.7 Å². The Kier molecular flexibility index (Phi) is 4.80. The molecule has 0 unspecified atom stereocenters. The monoisotopic (exact) mass is 262 g/mol. The van der Waals surface area contributed by atoms with Crippen molar-refractivity contribution >= 4 is 11.6 Å². The van der Waals surface area contributed by atoms with Crippen LogP contribution < -0.4 is 5.32 Å². The summed E-state index contributed by atoms with van der Waals surface area (Å²) in [6.07, 6.45) is 2.77. The Morgan fingerprint density at radius 3 is 2.89 bits per heavy atom. The van der Waals surface area contributed by atoms with E-state index in [9.17, 15) is 4.79 Å². The van der Waals surface area contributed by atoms with Gasteiger partial charge in [0.2, 0.25) is 5.91 Å². The highest BCUT2D eigenvalue weighted by atomic mass is 16.3. The number of unbranched alkanes of at least 4 members (excludes halogenated alkanes) is 1. The molecule has 4 heteroatoms. The number of carbonyl (C=O) groups is 1. The summed E-state index contributed by atoms with van der Waals surface area (Å²) in [5.74, 6) is 0.0960. The highest BCUT2D eigenvalue weighted by molar-refractivity contribution is 5.87. The van der Waals surface area contributed by atoms with Crippen molar-refractivity contribution in [2.45, 2.75) is 32.2 Å². The van der Waals surface area contributed by atoms with Crippen LogP contribution in [0.25, 0.3) is 0 Å². The third-order valence-corrected chi connectivity index (χ3v) is 3.53. The molecule has 1 atom stereocenters. The Hall–Kier alpha value is -1.55. The summed E-state index contributed by atoms with van der Waals surface area (Å²) in [5, 5.41) is 12.4. The summed E-state index contributed by atoms with van der Waals surface area (Å²) in [6, 6.07) is 7.85. The highest BCUT2D eigenvalue weighted by Crippen LogP contribution is 2.26. The van der Waals surface area contributed by atoms with E-state index in [2.05, 4.69) is 18.3 Å². The molecule has 0 radical (unpaired) electrons. The molecular weight excluding hydrogens is 240 g/mol. The zero-order valence-corrected chi connectivity index (χ0v) is 11.4. The van der Waals surface area contributed by atoms with Crippen LogP contribution in [0.15, 0.2) is 24.3 Å². The standard InChI is InChI=1S/C15H22N2O2/c1-2-3-8-17(9-10-18)15(19)14-11-12-6-4-5-7-13(12)16-14/h4-7,14,16,18H,2-3,8-11H2,1H3/t14-/m0/s1. The summed E-state index contributed by atoms with van der Waals surface area (Å²) < 4.78 is 0. The fraction of sp³-hybridized carbons (Fsp3) is 0.533. The molecule has 1 aliphatic heterocycles. The van der Waals surface area contributed by atoms with Crippen LogP contribution in [-0.2, 0) is 11.2 Å². The van der Waals surface area contributed by atoms with Crippen molar-refractivity contribution in [2.75, 3.05) is 25.0 Å². The molecule has 0 aromatic heterocycles. The van der Waals surface area contributed by atoms with Gasteiger partial charge in [0.15, 0.2) is 0 Å². The average molecular weight is 262 g/mol. The van der Waals surface area contributed by atoms with Gasteiger partial charge >= 0.3 is 0 Å². The van der Waals surface area contributed by atoms with Gasteiger partial charge in [0, 0.05) is 25.2 Å². The van der Waals surface area contributed by atoms with Gasteiger partial charge in [0.05, 0.1) is 6.61 Å². The van der Waals surface area contributed by atoms with E-state index >= 15 is 0 Å². The maximum Gasteiger partial charge on any atom is 0.245 e. The number of benzene rings is 1. The van der Waals surface area contributed by atoms with E-state index in [1.807, 2.05) is 18.2 Å². The van der Waals surface area contributed by atoms with Gasteiger partial charge in [0.1, 0.15) is 6.04 Å². The fourth-order valence-electron chi connectivity index (χ4n) is 2.47. The number of aliphatic hydroxyl groups is 1. The van der Waals surface area contributed by atoms with Crippen molar-refractivity contribution in [1.29, 1.82) is 0 Å². The van der Waals surface area contributed by atoms with Gasteiger partial charge in [-0.1, -0.05) is 31.5 Å². The zero-order chi connectivity index (χ0) is 13.7. The molecule has 1 heterocycles. The Balaban J connectivity index is 1.99. The predicted molar refractivity (Wildman–Crippen MR) is 76.1 cm³/mol. The highest BCUT2D eigenvalue weighted by Gasteiger charge is 2.29. The van der Waals surface area contributed by atoms with E-state index in [0.29, 0.717) is 6.54 Å². The van der Waals surface area contributed by atoms with E-state index in [4.69, 9.17) is 5.11 Å². The summed E-state index contributed by atoms with van der Waals surface area (Å²) >= 11 is 0. The maximum absolute atomic E-state index is 12.5. The number of para-hydroxylation sites is 1. The number of hydrogen-bond acceptors (Lipinski definition) is 3. The van der Waals surface area contributed by atoms with Gasteiger partial charge in [-0.05, 0) is 18.1 Å². The molecule has 0 aliphatic carbocycles. The lowest BCUT2D eigenvalue weighted by molar-refractivity contribution is -0.132. The number of nitrogens with zero attached hydrogens (tertiary/aromatic N) is 1. The molecule has 1 aromatic rings. The van der Waals surface area contributed by atoms with E-state index in [1.54, 1.807) is 4.90 Å². The van der Waals surface area contributed by atoms with Crippen molar-refractivity contribution in [1.82, 2.24) is 4.90 Å². The second kappa shape index (κ2) is 6.57. The van der Waals surface area contributed by atoms with Crippen LogP contribution in [0.4, 0.5) is 5.69 Å². The SMILES string of the molecule is CCCCN(CCO)C(=O)[C@@H]1Cc2ccccc2N1. The largest absolute Gasteiger partial charge is 0.395 e. The summed E-state index contributed by atoms with van der Waals surface area (Å²) in [6.45, 7) is 3.28. The molecule has 2 rings (SSSR count). The van der Waals surface area contributed by atoms with Gasteiger partial charge in [0.25, 0.3) is 0 Å². The van der Waals surface area contributed by atoms with E-state index < -0.39 is 0 Å². The number of nitrogens with one attached hydrogen (secondary N) is 1. The lowest BCUT2D eigenvalue weighted by Crippen LogP contribution is -2.43. The number of rotatable bonds is 6. The molecule has 0 saturated carbocycles. The quantitative estimate of drug-likeness (QED) is 0.819. The molecule has 1 aliphatic rings. The molecule has 0 fully saturated rings. The molecule has 104 valence electrons. The van der Waals surface area contributed by atoms with E-state index in [-0.39, 0.29) is 18.6 Å². The Morgan fingerprint density at radius 1 is 1.42 bits per heavy atom. The normalized spacial score (nSPS) is 16.8. The minimum Gasteiger partial charge on any atom is -0.395 e. The number of amides is 1. The molecule has 4 nitrogen and oxygen atoms in total. The van der Waals surface area contributed by atoms with Gasteiger partial charge in [-0.3, -0.25) is 4.79 Å². The molecular formula is C15H22N2O2. The smallest absolute Gasteiger partial charge is 0.245 e. The van der Waals surface area contributed by atoms with Crippen LogP contribution in [0.3, 0.4) is 0 Å². The number of carbonyl (C=O) groups excluding carboxylic acids is 1. The fourth-order valence-corrected chi connectivity index (χ4v) is 2.47. The van der Waals surface area contributed by atoms with Crippen molar-refractivity contribution < 1.29 is 9.90 Å². The third-order valence-electron chi connectivity index (χ3n) is 3.53. The first-order valence-electron chi connectivity index (χ1n) is 7.00. The van der Waals surface area contributed by atoms with E-state index in [1.165, 1.54) is 5.56 Å². The van der Waals surface area contributed by atoms with E-state index in [0.717, 1.165) is 31.5 Å². The summed E-state index contributed by atoms with van der Waals surface area (Å²) in [4.78, 5) is 14.2. The van der Waals surface area contributed by atoms with Crippen LogP contribution in [0.1, 0.15) is 25.3 Å². The Morgan fingerprint density at radius 2 is 2.21 bits per heavy atom. The molecule has 2 N–H and O–H groups in total. The lowest BCUT2D eigenvalue weighted by atomic mass is 10.1. The van der Waals surface area contributed by atoms with Crippen LogP contribution >= 0.6 is 0 Å². The molecule has 0 bridgehead atoms. The number of anilines is 1. The van der Waals surface area contributed by atoms with Gasteiger partial charge in [-0.2, -0.15) is 0 Å². The summed E-state index contributed by atoms with van der Waals surface area (Å²) in [5.41, 5.74) is 2.25. The molecule has 0 spiro atoms. The third kappa shape index (κ3) is 3.26. The van der Waals surface area contributed by atoms with Crippen molar-refractivity contribution in [3.63, 3.8) is 0 Å². The molecule has 19 heavy (non-hydrogen) atoms. The van der Waals surface area contributed by atoms with Crippen molar-refractivity contribution in [3.8, 4) is 0 Å². The van der Waals surface area contributed by atoms with Gasteiger partial charge in [-0.25, -0.2) is 0 Å². The number of hydrogen-bond donors (Lipinski definition) is 2. The maximum atomic E-state index is 12.5. The topological polar surface area (TPSA) is 52.6 Å². The number of aliphatic hydroxyl groups excluding tert-OH is 1. The first-order chi connectivity index (χ1) is 9.26. The average Bonchev–Trinajstić information content (AvgIpc) is 2.86. The zero-order valence-electron chi connectivity index (χ0n) is 11.4. The minimum atomic E-state index is -0.180. The minimum absolute atomic E-state index is 0.0229. The van der Waals surface area contributed by atoms with Gasteiger partial charge in [-0.15, -0.1) is 0 Å². The second-order valence-corrected chi connectivity index (χ2v) is 4.96.